The van der Waals surface area contributed by atoms with E-state index in [-0.39, 0.29) is 6.09 Å². The smallest absolute Gasteiger partial charge is 0.409 e. The zero-order valence-corrected chi connectivity index (χ0v) is 16.2. The lowest BCUT2D eigenvalue weighted by molar-refractivity contribution is 0.0963. The Morgan fingerprint density at radius 2 is 2.20 bits per heavy atom. The van der Waals surface area contributed by atoms with Gasteiger partial charge in [-0.05, 0) is 19.8 Å². The number of nitrogens with zero attached hydrogens (tertiary/aromatic N) is 4. The maximum Gasteiger partial charge on any atom is 0.409 e. The summed E-state index contributed by atoms with van der Waals surface area (Å²) in [7, 11) is 5.73. The first-order chi connectivity index (χ1) is 12.0. The van der Waals surface area contributed by atoms with Gasteiger partial charge in [0, 0.05) is 45.7 Å². The summed E-state index contributed by atoms with van der Waals surface area (Å²) in [5.74, 6) is 0.758. The van der Waals surface area contributed by atoms with E-state index in [0.717, 1.165) is 29.6 Å². The van der Waals surface area contributed by atoms with Crippen LogP contribution in [0.25, 0.3) is 0 Å². The number of nitrogens with one attached hydrogen (secondary N) is 2. The van der Waals surface area contributed by atoms with E-state index in [2.05, 4.69) is 20.6 Å². The molecule has 1 aromatic rings. The Bertz CT molecular complexity index is 581. The number of aromatic nitrogens is 1. The molecule has 0 spiro atoms. The average molecular weight is 369 g/mol. The summed E-state index contributed by atoms with van der Waals surface area (Å²) in [6.45, 7) is 4.27. The average Bonchev–Trinajstić information content (AvgIpc) is 3.08. The molecule has 25 heavy (non-hydrogen) atoms. The molecule has 2 N–H and O–H groups in total. The number of hydrogen-bond acceptors (Lipinski definition) is 6. The second-order valence-electron chi connectivity index (χ2n) is 6.05. The summed E-state index contributed by atoms with van der Waals surface area (Å²) >= 11 is 1.62. The van der Waals surface area contributed by atoms with Gasteiger partial charge >= 0.3 is 6.09 Å². The van der Waals surface area contributed by atoms with Crippen LogP contribution >= 0.6 is 11.3 Å². The van der Waals surface area contributed by atoms with E-state index >= 15 is 0 Å². The standard InChI is InChI=1S/C16H28N6O2S/c1-5-24-16(23)22-8-6-12(7-9-22)19-14(17-2)18-10-13-11-25-15(20-13)21(3)4/h11-12H,5-10H2,1-4H3,(H2,17,18,19). The van der Waals surface area contributed by atoms with Gasteiger partial charge in [-0.3, -0.25) is 4.99 Å². The van der Waals surface area contributed by atoms with Crippen LogP contribution in [0.1, 0.15) is 25.5 Å². The van der Waals surface area contributed by atoms with Crippen LogP contribution in [-0.2, 0) is 11.3 Å². The fourth-order valence-electron chi connectivity index (χ4n) is 2.57. The predicted molar refractivity (Wildman–Crippen MR) is 101 cm³/mol. The van der Waals surface area contributed by atoms with Gasteiger partial charge in [-0.2, -0.15) is 0 Å². The van der Waals surface area contributed by atoms with Crippen molar-refractivity contribution in [1.82, 2.24) is 20.5 Å². The summed E-state index contributed by atoms with van der Waals surface area (Å²) in [6, 6.07) is 0.296. The Balaban J connectivity index is 1.76. The number of rotatable bonds is 5. The molecule has 0 saturated carbocycles. The van der Waals surface area contributed by atoms with E-state index in [1.165, 1.54) is 0 Å². The lowest BCUT2D eigenvalue weighted by Crippen LogP contribution is -2.49. The minimum Gasteiger partial charge on any atom is -0.450 e. The van der Waals surface area contributed by atoms with E-state index in [0.29, 0.717) is 32.3 Å². The van der Waals surface area contributed by atoms with Crippen LogP contribution in [0.4, 0.5) is 9.93 Å². The molecule has 1 aromatic heterocycles. The number of aliphatic imine (C=N–C) groups is 1. The molecule has 2 rings (SSSR count). The van der Waals surface area contributed by atoms with Gasteiger partial charge < -0.3 is 25.2 Å². The fraction of sp³-hybridized carbons (Fsp3) is 0.688. The number of amides is 1. The van der Waals surface area contributed by atoms with Gasteiger partial charge in [-0.15, -0.1) is 11.3 Å². The van der Waals surface area contributed by atoms with Crippen molar-refractivity contribution >= 4 is 28.5 Å². The molecule has 0 aromatic carbocycles. The molecular weight excluding hydrogens is 340 g/mol. The first kappa shape index (κ1) is 19.3. The van der Waals surface area contributed by atoms with Crippen molar-refractivity contribution in [2.75, 3.05) is 45.7 Å². The number of carbonyl (C=O) groups excluding carboxylic acids is 1. The van der Waals surface area contributed by atoms with E-state index in [1.807, 2.05) is 31.3 Å². The van der Waals surface area contributed by atoms with Crippen LogP contribution in [0.15, 0.2) is 10.4 Å². The molecule has 0 unspecified atom stereocenters. The van der Waals surface area contributed by atoms with Gasteiger partial charge in [-0.25, -0.2) is 9.78 Å². The van der Waals surface area contributed by atoms with Gasteiger partial charge in [0.1, 0.15) is 0 Å². The molecule has 1 amide bonds. The molecule has 1 fully saturated rings. The number of hydrogen-bond donors (Lipinski definition) is 2. The van der Waals surface area contributed by atoms with Crippen molar-refractivity contribution in [3.05, 3.63) is 11.1 Å². The van der Waals surface area contributed by atoms with Crippen LogP contribution < -0.4 is 15.5 Å². The van der Waals surface area contributed by atoms with E-state index in [9.17, 15) is 4.79 Å². The first-order valence-electron chi connectivity index (χ1n) is 8.54. The van der Waals surface area contributed by atoms with Crippen molar-refractivity contribution in [2.24, 2.45) is 4.99 Å². The van der Waals surface area contributed by atoms with E-state index in [4.69, 9.17) is 4.74 Å². The highest BCUT2D eigenvalue weighted by atomic mass is 32.1. The summed E-state index contributed by atoms with van der Waals surface area (Å²) in [5, 5.41) is 9.76. The number of piperidine rings is 1. The van der Waals surface area contributed by atoms with Gasteiger partial charge in [0.15, 0.2) is 11.1 Å². The van der Waals surface area contributed by atoms with Crippen LogP contribution in [0.2, 0.25) is 0 Å². The molecule has 0 radical (unpaired) electrons. The molecule has 0 atom stereocenters. The van der Waals surface area contributed by atoms with Gasteiger partial charge in [0.2, 0.25) is 0 Å². The molecule has 1 aliphatic heterocycles. The molecule has 1 saturated heterocycles. The van der Waals surface area contributed by atoms with Crippen molar-refractivity contribution < 1.29 is 9.53 Å². The molecule has 9 heteroatoms. The third-order valence-electron chi connectivity index (χ3n) is 3.94. The summed E-state index contributed by atoms with van der Waals surface area (Å²) in [5.41, 5.74) is 0.994. The Kier molecular flexibility index (Phi) is 7.30. The number of ether oxygens (including phenoxy) is 1. The molecule has 1 aliphatic rings. The molecule has 8 nitrogen and oxygen atoms in total. The minimum atomic E-state index is -0.219. The van der Waals surface area contributed by atoms with Gasteiger partial charge in [-0.1, -0.05) is 0 Å². The Morgan fingerprint density at radius 1 is 1.48 bits per heavy atom. The van der Waals surface area contributed by atoms with Gasteiger partial charge in [0.05, 0.1) is 18.8 Å². The molecular formula is C16H28N6O2S. The predicted octanol–water partition coefficient (Wildman–Crippen LogP) is 1.49. The fourth-order valence-corrected chi connectivity index (χ4v) is 3.32. The van der Waals surface area contributed by atoms with Crippen molar-refractivity contribution in [2.45, 2.75) is 32.4 Å². The lowest BCUT2D eigenvalue weighted by Gasteiger charge is -2.32. The number of guanidine groups is 1. The van der Waals surface area contributed by atoms with E-state index < -0.39 is 0 Å². The van der Waals surface area contributed by atoms with Crippen LogP contribution in [-0.4, -0.2) is 68.8 Å². The van der Waals surface area contributed by atoms with Crippen LogP contribution in [0.3, 0.4) is 0 Å². The normalized spacial score (nSPS) is 15.8. The van der Waals surface area contributed by atoms with Crippen molar-refractivity contribution in [3.63, 3.8) is 0 Å². The van der Waals surface area contributed by atoms with Crippen molar-refractivity contribution in [1.29, 1.82) is 0 Å². The maximum atomic E-state index is 11.7. The Morgan fingerprint density at radius 3 is 2.76 bits per heavy atom. The van der Waals surface area contributed by atoms with Crippen LogP contribution in [0, 0.1) is 0 Å². The quantitative estimate of drug-likeness (QED) is 0.605. The largest absolute Gasteiger partial charge is 0.450 e. The number of carbonyl (C=O) groups is 1. The molecule has 2 heterocycles. The van der Waals surface area contributed by atoms with E-state index in [1.54, 1.807) is 23.3 Å². The minimum absolute atomic E-state index is 0.219. The number of likely N-dealkylation sites (tertiary alicyclic amines) is 1. The molecule has 0 aliphatic carbocycles. The Hall–Kier alpha value is -2.03. The number of thiazole rings is 1. The van der Waals surface area contributed by atoms with Crippen LogP contribution in [0.5, 0.6) is 0 Å². The maximum absolute atomic E-state index is 11.7. The highest BCUT2D eigenvalue weighted by Crippen LogP contribution is 2.17. The summed E-state index contributed by atoms with van der Waals surface area (Å²) in [6.07, 6.45) is 1.53. The highest BCUT2D eigenvalue weighted by Gasteiger charge is 2.24. The monoisotopic (exact) mass is 368 g/mol. The zero-order chi connectivity index (χ0) is 18.2. The topological polar surface area (TPSA) is 82.1 Å². The second kappa shape index (κ2) is 9.45. The van der Waals surface area contributed by atoms with Crippen molar-refractivity contribution in [3.8, 4) is 0 Å². The molecule has 140 valence electrons. The summed E-state index contributed by atoms with van der Waals surface area (Å²) in [4.78, 5) is 24.3. The number of anilines is 1. The first-order valence-corrected chi connectivity index (χ1v) is 9.42. The summed E-state index contributed by atoms with van der Waals surface area (Å²) < 4.78 is 5.05. The highest BCUT2D eigenvalue weighted by molar-refractivity contribution is 7.13. The Labute approximate surface area is 153 Å². The SMILES string of the molecule is CCOC(=O)N1CCC(NC(=NC)NCc2csc(N(C)C)n2)CC1. The third kappa shape index (κ3) is 5.77. The van der Waals surface area contributed by atoms with Gasteiger partial charge in [0.25, 0.3) is 0 Å². The third-order valence-corrected chi connectivity index (χ3v) is 5.00. The second-order valence-corrected chi connectivity index (χ2v) is 6.88. The zero-order valence-electron chi connectivity index (χ0n) is 15.4. The lowest BCUT2D eigenvalue weighted by atomic mass is 10.1. The molecule has 0 bridgehead atoms.